The third-order valence-electron chi connectivity index (χ3n) is 4.36. The Kier molecular flexibility index (Phi) is 3.22. The summed E-state index contributed by atoms with van der Waals surface area (Å²) in [5.41, 5.74) is 4.97. The van der Waals surface area contributed by atoms with Crippen LogP contribution in [-0.4, -0.2) is 9.78 Å². The molecule has 0 unspecified atom stereocenters. The van der Waals surface area contributed by atoms with Gasteiger partial charge in [0.2, 0.25) is 0 Å². The van der Waals surface area contributed by atoms with Crippen LogP contribution in [0.25, 0.3) is 10.9 Å². The molecule has 1 fully saturated rings. The fraction of sp³-hybridized carbons (Fsp3) is 0.278. The highest BCUT2D eigenvalue weighted by atomic mass is 79.9. The minimum atomic E-state index is 0.689. The van der Waals surface area contributed by atoms with E-state index in [-0.39, 0.29) is 0 Å². The first kappa shape index (κ1) is 13.8. The van der Waals surface area contributed by atoms with Crippen molar-refractivity contribution in [3.63, 3.8) is 0 Å². The number of para-hydroxylation sites is 1. The van der Waals surface area contributed by atoms with Crippen LogP contribution < -0.4 is 5.32 Å². The number of nitrogens with zero attached hydrogens (tertiary/aromatic N) is 2. The molecule has 4 heteroatoms. The maximum absolute atomic E-state index is 4.65. The third-order valence-corrected chi connectivity index (χ3v) is 5.21. The maximum Gasteiger partial charge on any atom is 0.160 e. The lowest BCUT2D eigenvalue weighted by Gasteiger charge is -2.13. The SMILES string of the molecule is Cc1cc(Nc2nn(C)c3ccccc23)c(C2CC2)cc1Br. The molecule has 1 N–H and O–H groups in total. The number of hydrogen-bond acceptors (Lipinski definition) is 2. The molecular weight excluding hydrogens is 338 g/mol. The maximum atomic E-state index is 4.65. The topological polar surface area (TPSA) is 29.9 Å². The van der Waals surface area contributed by atoms with Crippen molar-refractivity contribution in [3.05, 3.63) is 52.0 Å². The zero-order valence-electron chi connectivity index (χ0n) is 12.7. The van der Waals surface area contributed by atoms with E-state index in [1.165, 1.54) is 34.1 Å². The lowest BCUT2D eigenvalue weighted by Crippen LogP contribution is -1.98. The van der Waals surface area contributed by atoms with Crippen molar-refractivity contribution in [1.29, 1.82) is 0 Å². The summed E-state index contributed by atoms with van der Waals surface area (Å²) < 4.78 is 3.12. The van der Waals surface area contributed by atoms with Crippen molar-refractivity contribution >= 4 is 38.3 Å². The standard InChI is InChI=1S/C18H18BrN3/c1-11-9-16(14(10-15(11)19)12-7-8-12)20-18-13-5-3-4-6-17(13)22(2)21-18/h3-6,9-10,12H,7-8H2,1-2H3,(H,20,21). The molecule has 0 aliphatic heterocycles. The number of halogens is 1. The van der Waals surface area contributed by atoms with E-state index in [4.69, 9.17) is 0 Å². The second-order valence-corrected chi connectivity index (χ2v) is 6.93. The Balaban J connectivity index is 1.81. The van der Waals surface area contributed by atoms with Gasteiger partial charge >= 0.3 is 0 Å². The van der Waals surface area contributed by atoms with Crippen molar-refractivity contribution < 1.29 is 0 Å². The molecule has 0 bridgehead atoms. The minimum absolute atomic E-state index is 0.689. The second kappa shape index (κ2) is 5.13. The van der Waals surface area contributed by atoms with Gasteiger partial charge in [-0.15, -0.1) is 0 Å². The summed E-state index contributed by atoms with van der Waals surface area (Å²) in [6, 6.07) is 12.8. The lowest BCUT2D eigenvalue weighted by atomic mass is 10.1. The van der Waals surface area contributed by atoms with Crippen LogP contribution in [0.1, 0.15) is 29.9 Å². The number of aromatic nitrogens is 2. The average molecular weight is 356 g/mol. The molecule has 1 heterocycles. The summed E-state index contributed by atoms with van der Waals surface area (Å²) in [5, 5.41) is 9.38. The quantitative estimate of drug-likeness (QED) is 0.693. The van der Waals surface area contributed by atoms with Gasteiger partial charge in [0.05, 0.1) is 5.52 Å². The Labute approximate surface area is 138 Å². The normalized spacial score (nSPS) is 14.5. The van der Waals surface area contributed by atoms with Gasteiger partial charge in [0.15, 0.2) is 5.82 Å². The molecule has 1 aromatic heterocycles. The van der Waals surface area contributed by atoms with Crippen LogP contribution in [0.4, 0.5) is 11.5 Å². The molecule has 1 saturated carbocycles. The van der Waals surface area contributed by atoms with Crippen LogP contribution in [0.2, 0.25) is 0 Å². The molecule has 112 valence electrons. The number of anilines is 2. The Morgan fingerprint density at radius 3 is 2.77 bits per heavy atom. The summed E-state index contributed by atoms with van der Waals surface area (Å²) >= 11 is 3.66. The number of nitrogens with one attached hydrogen (secondary N) is 1. The van der Waals surface area contributed by atoms with Crippen LogP contribution >= 0.6 is 15.9 Å². The monoisotopic (exact) mass is 355 g/mol. The first-order valence-electron chi connectivity index (χ1n) is 7.62. The van der Waals surface area contributed by atoms with Crippen LogP contribution in [0.15, 0.2) is 40.9 Å². The highest BCUT2D eigenvalue weighted by Crippen LogP contribution is 2.45. The number of fused-ring (bicyclic) bond motifs is 1. The average Bonchev–Trinajstić information content (AvgIpc) is 3.30. The fourth-order valence-corrected chi connectivity index (χ4v) is 3.33. The highest BCUT2D eigenvalue weighted by Gasteiger charge is 2.27. The van der Waals surface area contributed by atoms with Crippen LogP contribution in [0.5, 0.6) is 0 Å². The molecule has 2 aromatic carbocycles. The van der Waals surface area contributed by atoms with E-state index in [1.807, 2.05) is 17.8 Å². The van der Waals surface area contributed by atoms with Crippen molar-refractivity contribution in [2.45, 2.75) is 25.7 Å². The van der Waals surface area contributed by atoms with E-state index < -0.39 is 0 Å². The molecule has 0 saturated heterocycles. The smallest absolute Gasteiger partial charge is 0.160 e. The number of benzene rings is 2. The zero-order valence-corrected chi connectivity index (χ0v) is 14.3. The van der Waals surface area contributed by atoms with E-state index in [9.17, 15) is 0 Å². The van der Waals surface area contributed by atoms with Gasteiger partial charge in [0, 0.05) is 22.6 Å². The van der Waals surface area contributed by atoms with Gasteiger partial charge in [-0.3, -0.25) is 4.68 Å². The van der Waals surface area contributed by atoms with E-state index in [2.05, 4.69) is 63.6 Å². The molecule has 1 aliphatic rings. The largest absolute Gasteiger partial charge is 0.338 e. The van der Waals surface area contributed by atoms with Crippen LogP contribution in [0.3, 0.4) is 0 Å². The molecule has 0 spiro atoms. The molecule has 4 rings (SSSR count). The molecule has 3 aromatic rings. The first-order valence-corrected chi connectivity index (χ1v) is 8.41. The summed E-state index contributed by atoms with van der Waals surface area (Å²) in [4.78, 5) is 0. The fourth-order valence-electron chi connectivity index (χ4n) is 2.97. The Bertz CT molecular complexity index is 862. The van der Waals surface area contributed by atoms with Gasteiger partial charge in [-0.05, 0) is 61.1 Å². The van der Waals surface area contributed by atoms with Crippen molar-refractivity contribution in [2.75, 3.05) is 5.32 Å². The van der Waals surface area contributed by atoms with Crippen molar-refractivity contribution in [1.82, 2.24) is 9.78 Å². The molecule has 0 amide bonds. The first-order chi connectivity index (χ1) is 10.6. The molecule has 1 aliphatic carbocycles. The van der Waals surface area contributed by atoms with Crippen molar-refractivity contribution in [2.24, 2.45) is 7.05 Å². The Morgan fingerprint density at radius 2 is 2.00 bits per heavy atom. The summed E-state index contributed by atoms with van der Waals surface area (Å²) in [6.07, 6.45) is 2.57. The molecule has 0 atom stereocenters. The lowest BCUT2D eigenvalue weighted by molar-refractivity contribution is 0.801. The predicted octanol–water partition coefficient (Wildman–Crippen LogP) is 5.27. The molecule has 3 nitrogen and oxygen atoms in total. The van der Waals surface area contributed by atoms with Crippen molar-refractivity contribution in [3.8, 4) is 0 Å². The van der Waals surface area contributed by atoms with Gasteiger partial charge in [-0.2, -0.15) is 5.10 Å². The van der Waals surface area contributed by atoms with Gasteiger partial charge in [0.25, 0.3) is 0 Å². The van der Waals surface area contributed by atoms with E-state index >= 15 is 0 Å². The summed E-state index contributed by atoms with van der Waals surface area (Å²) in [6.45, 7) is 2.13. The number of rotatable bonds is 3. The third kappa shape index (κ3) is 2.31. The highest BCUT2D eigenvalue weighted by molar-refractivity contribution is 9.10. The Morgan fingerprint density at radius 1 is 1.23 bits per heavy atom. The second-order valence-electron chi connectivity index (χ2n) is 6.08. The van der Waals surface area contributed by atoms with Crippen LogP contribution in [-0.2, 0) is 7.05 Å². The van der Waals surface area contributed by atoms with E-state index in [0.717, 1.165) is 16.7 Å². The van der Waals surface area contributed by atoms with Gasteiger partial charge < -0.3 is 5.32 Å². The minimum Gasteiger partial charge on any atom is -0.338 e. The molecule has 0 radical (unpaired) electrons. The number of aryl methyl sites for hydroxylation is 2. The summed E-state index contributed by atoms with van der Waals surface area (Å²) in [7, 11) is 1.99. The van der Waals surface area contributed by atoms with Crippen LogP contribution in [0, 0.1) is 6.92 Å². The predicted molar refractivity (Wildman–Crippen MR) is 94.9 cm³/mol. The number of hydrogen-bond donors (Lipinski definition) is 1. The Hall–Kier alpha value is -1.81. The van der Waals surface area contributed by atoms with Gasteiger partial charge in [-0.25, -0.2) is 0 Å². The zero-order chi connectivity index (χ0) is 15.3. The van der Waals surface area contributed by atoms with Gasteiger partial charge in [-0.1, -0.05) is 28.1 Å². The van der Waals surface area contributed by atoms with E-state index in [0.29, 0.717) is 5.92 Å². The molecule has 22 heavy (non-hydrogen) atoms. The van der Waals surface area contributed by atoms with Gasteiger partial charge in [0.1, 0.15) is 0 Å². The summed E-state index contributed by atoms with van der Waals surface area (Å²) in [5.74, 6) is 1.62. The molecular formula is C18H18BrN3. The van der Waals surface area contributed by atoms with E-state index in [1.54, 1.807) is 0 Å².